The highest BCUT2D eigenvalue weighted by molar-refractivity contribution is 7.08. The fourth-order valence-corrected chi connectivity index (χ4v) is 4.69. The maximum atomic E-state index is 12.6. The molecule has 0 aliphatic carbocycles. The van der Waals surface area contributed by atoms with Crippen LogP contribution in [0.4, 0.5) is 0 Å². The van der Waals surface area contributed by atoms with Gasteiger partial charge in [-0.2, -0.15) is 11.3 Å². The van der Waals surface area contributed by atoms with Crippen molar-refractivity contribution >= 4 is 23.2 Å². The third-order valence-corrected chi connectivity index (χ3v) is 6.06. The molecule has 4 heterocycles. The van der Waals surface area contributed by atoms with Gasteiger partial charge in [-0.3, -0.25) is 9.59 Å². The van der Waals surface area contributed by atoms with E-state index in [0.29, 0.717) is 12.3 Å². The molecule has 2 amide bonds. The molecular weight excluding hydrogens is 336 g/mol. The Balaban J connectivity index is 1.41. The van der Waals surface area contributed by atoms with Gasteiger partial charge in [0.25, 0.3) is 5.91 Å². The van der Waals surface area contributed by atoms with E-state index in [0.717, 1.165) is 50.2 Å². The molecule has 2 fully saturated rings. The number of carbonyl (C=O) groups is 2. The van der Waals surface area contributed by atoms with Gasteiger partial charge in [-0.15, -0.1) is 0 Å². The molecule has 0 spiro atoms. The van der Waals surface area contributed by atoms with E-state index in [2.05, 4.69) is 9.97 Å². The van der Waals surface area contributed by atoms with E-state index in [-0.39, 0.29) is 17.9 Å². The van der Waals surface area contributed by atoms with Gasteiger partial charge >= 0.3 is 0 Å². The molecule has 0 bridgehead atoms. The van der Waals surface area contributed by atoms with Crippen molar-refractivity contribution in [1.29, 1.82) is 0 Å². The minimum atomic E-state index is 0.126. The number of hydrogen-bond acceptors (Lipinski definition) is 4. The second-order valence-electron chi connectivity index (χ2n) is 6.83. The number of thiophene rings is 1. The van der Waals surface area contributed by atoms with Gasteiger partial charge in [0.1, 0.15) is 0 Å². The van der Waals surface area contributed by atoms with Gasteiger partial charge in [-0.1, -0.05) is 0 Å². The lowest BCUT2D eigenvalue weighted by Gasteiger charge is -2.47. The van der Waals surface area contributed by atoms with Crippen LogP contribution in [0.25, 0.3) is 0 Å². The number of rotatable bonds is 4. The van der Waals surface area contributed by atoms with E-state index in [1.54, 1.807) is 17.7 Å². The van der Waals surface area contributed by atoms with Crippen LogP contribution in [0.2, 0.25) is 0 Å². The number of amides is 2. The number of hydrogen-bond donors (Lipinski definition) is 1. The van der Waals surface area contributed by atoms with Crippen LogP contribution >= 0.6 is 11.3 Å². The van der Waals surface area contributed by atoms with Crippen molar-refractivity contribution in [1.82, 2.24) is 19.8 Å². The van der Waals surface area contributed by atoms with Crippen LogP contribution < -0.4 is 0 Å². The van der Waals surface area contributed by atoms with Crippen molar-refractivity contribution in [2.24, 2.45) is 5.92 Å². The van der Waals surface area contributed by atoms with Crippen LogP contribution in [-0.2, 0) is 11.2 Å². The van der Waals surface area contributed by atoms with Gasteiger partial charge in [0.15, 0.2) is 0 Å². The predicted molar refractivity (Wildman–Crippen MR) is 95.4 cm³/mol. The van der Waals surface area contributed by atoms with Crippen molar-refractivity contribution in [3.8, 4) is 0 Å². The Morgan fingerprint density at radius 2 is 2.32 bits per heavy atom. The summed E-state index contributed by atoms with van der Waals surface area (Å²) >= 11 is 1.55. The highest BCUT2D eigenvalue weighted by atomic mass is 32.1. The van der Waals surface area contributed by atoms with Crippen LogP contribution in [0.1, 0.15) is 35.3 Å². The number of H-pyrrole nitrogens is 1. The highest BCUT2D eigenvalue weighted by Crippen LogP contribution is 2.32. The lowest BCUT2D eigenvalue weighted by Crippen LogP contribution is -2.57. The van der Waals surface area contributed by atoms with Gasteiger partial charge in [0, 0.05) is 55.8 Å². The van der Waals surface area contributed by atoms with E-state index < -0.39 is 0 Å². The Bertz CT molecular complexity index is 728. The molecule has 132 valence electrons. The Kier molecular flexibility index (Phi) is 4.57. The quantitative estimate of drug-likeness (QED) is 0.911. The molecule has 2 aliphatic heterocycles. The zero-order valence-electron chi connectivity index (χ0n) is 14.1. The number of aromatic amines is 1. The summed E-state index contributed by atoms with van der Waals surface area (Å²) in [4.78, 5) is 36.2. The molecule has 0 unspecified atom stereocenters. The molecule has 4 rings (SSSR count). The summed E-state index contributed by atoms with van der Waals surface area (Å²) in [6.45, 7) is 2.21. The molecule has 2 atom stereocenters. The predicted octanol–water partition coefficient (Wildman–Crippen LogP) is 2.17. The first-order chi connectivity index (χ1) is 12.2. The summed E-state index contributed by atoms with van der Waals surface area (Å²) in [5.74, 6) is 0.759. The van der Waals surface area contributed by atoms with E-state index in [1.807, 2.05) is 32.8 Å². The Morgan fingerprint density at radius 1 is 1.40 bits per heavy atom. The lowest BCUT2D eigenvalue weighted by molar-refractivity contribution is -0.140. The van der Waals surface area contributed by atoms with Gasteiger partial charge in [-0.05, 0) is 30.2 Å². The smallest absolute Gasteiger partial charge is 0.254 e. The topological polar surface area (TPSA) is 69.3 Å². The molecule has 1 N–H and O–H groups in total. The van der Waals surface area contributed by atoms with Crippen molar-refractivity contribution in [2.75, 3.05) is 19.6 Å². The molecule has 6 nitrogen and oxygen atoms in total. The average Bonchev–Trinajstić information content (AvgIpc) is 3.33. The maximum Gasteiger partial charge on any atom is 0.254 e. The Morgan fingerprint density at radius 3 is 3.08 bits per heavy atom. The van der Waals surface area contributed by atoms with Gasteiger partial charge < -0.3 is 14.8 Å². The first-order valence-corrected chi connectivity index (χ1v) is 9.75. The first kappa shape index (κ1) is 16.3. The van der Waals surface area contributed by atoms with Crippen LogP contribution in [0.3, 0.4) is 0 Å². The molecule has 7 heteroatoms. The van der Waals surface area contributed by atoms with Crippen LogP contribution in [0, 0.1) is 5.92 Å². The molecule has 0 radical (unpaired) electrons. The van der Waals surface area contributed by atoms with Gasteiger partial charge in [0.2, 0.25) is 5.91 Å². The average molecular weight is 358 g/mol. The van der Waals surface area contributed by atoms with E-state index in [4.69, 9.17) is 0 Å². The third kappa shape index (κ3) is 3.33. The molecule has 2 aliphatic rings. The molecule has 2 saturated heterocycles. The Hall–Kier alpha value is -2.15. The molecule has 0 aromatic carbocycles. The fourth-order valence-electron chi connectivity index (χ4n) is 4.06. The number of imidazole rings is 1. The van der Waals surface area contributed by atoms with Crippen LogP contribution in [-0.4, -0.2) is 57.3 Å². The molecular formula is C18H22N4O2S. The summed E-state index contributed by atoms with van der Waals surface area (Å²) in [6, 6.07) is 2.15. The standard InChI is InChI=1S/C18H22N4O2S/c23-17-2-1-13-10-21(18(24)14-5-8-25-11-14)6-4-16(13)22(17)7-3-15-9-19-12-20-15/h5,8-9,11-13,16H,1-4,6-7,10H2,(H,19,20)/t13-,16+/m0/s1. The molecule has 2 aromatic rings. The summed E-state index contributed by atoms with van der Waals surface area (Å²) < 4.78 is 0. The summed E-state index contributed by atoms with van der Waals surface area (Å²) in [5.41, 5.74) is 1.84. The van der Waals surface area contributed by atoms with Crippen molar-refractivity contribution in [2.45, 2.75) is 31.7 Å². The highest BCUT2D eigenvalue weighted by Gasteiger charge is 2.40. The minimum Gasteiger partial charge on any atom is -0.348 e. The number of piperidine rings is 2. The first-order valence-electron chi connectivity index (χ1n) is 8.80. The number of fused-ring (bicyclic) bond motifs is 1. The Labute approximate surface area is 150 Å². The normalized spacial score (nSPS) is 23.6. The summed E-state index contributed by atoms with van der Waals surface area (Å²) in [5, 5.41) is 3.85. The van der Waals surface area contributed by atoms with Crippen LogP contribution in [0.5, 0.6) is 0 Å². The zero-order chi connectivity index (χ0) is 17.2. The monoisotopic (exact) mass is 358 g/mol. The van der Waals surface area contributed by atoms with E-state index in [1.165, 1.54) is 0 Å². The van der Waals surface area contributed by atoms with E-state index in [9.17, 15) is 9.59 Å². The second-order valence-corrected chi connectivity index (χ2v) is 7.61. The van der Waals surface area contributed by atoms with Crippen LogP contribution in [0.15, 0.2) is 29.4 Å². The SMILES string of the molecule is O=C(c1ccsc1)N1CC[C@@H]2[C@@H](CCC(=O)N2CCc2cnc[nH]2)C1. The van der Waals surface area contributed by atoms with Gasteiger partial charge in [0.05, 0.1) is 11.9 Å². The van der Waals surface area contributed by atoms with E-state index >= 15 is 0 Å². The largest absolute Gasteiger partial charge is 0.348 e. The number of likely N-dealkylation sites (tertiary alicyclic amines) is 2. The number of nitrogens with zero attached hydrogens (tertiary/aromatic N) is 3. The van der Waals surface area contributed by atoms with Gasteiger partial charge in [-0.25, -0.2) is 4.98 Å². The van der Waals surface area contributed by atoms with Crippen molar-refractivity contribution in [3.05, 3.63) is 40.6 Å². The lowest BCUT2D eigenvalue weighted by atomic mass is 9.83. The summed E-state index contributed by atoms with van der Waals surface area (Å²) in [6.07, 6.45) is 6.63. The van der Waals surface area contributed by atoms with Crippen molar-refractivity contribution in [3.63, 3.8) is 0 Å². The molecule has 2 aromatic heterocycles. The molecule has 0 saturated carbocycles. The summed E-state index contributed by atoms with van der Waals surface area (Å²) in [7, 11) is 0. The molecule has 25 heavy (non-hydrogen) atoms. The second kappa shape index (κ2) is 7.00. The number of aromatic nitrogens is 2. The fraction of sp³-hybridized carbons (Fsp3) is 0.500. The third-order valence-electron chi connectivity index (χ3n) is 5.38. The maximum absolute atomic E-state index is 12.6. The number of nitrogens with one attached hydrogen (secondary N) is 1. The number of carbonyl (C=O) groups excluding carboxylic acids is 2. The zero-order valence-corrected chi connectivity index (χ0v) is 14.9. The minimum absolute atomic E-state index is 0.126. The van der Waals surface area contributed by atoms with Crippen molar-refractivity contribution < 1.29 is 9.59 Å².